The van der Waals surface area contributed by atoms with Gasteiger partial charge in [0.25, 0.3) is 0 Å². The zero-order chi connectivity index (χ0) is 16.3. The molecule has 21 heavy (non-hydrogen) atoms. The molecule has 0 amide bonds. The molecule has 0 spiro atoms. The van der Waals surface area contributed by atoms with Crippen molar-refractivity contribution in [2.45, 2.75) is 78.2 Å². The second-order valence-corrected chi connectivity index (χ2v) is 7.07. The van der Waals surface area contributed by atoms with Gasteiger partial charge in [-0.3, -0.25) is 0 Å². The largest absolute Gasteiger partial charge is 0.476 e. The lowest BCUT2D eigenvalue weighted by molar-refractivity contribution is 0.267. The van der Waals surface area contributed by atoms with Crippen LogP contribution in [0.5, 0.6) is 5.75 Å². The average Bonchev–Trinajstić information content (AvgIpc) is 2.47. The summed E-state index contributed by atoms with van der Waals surface area (Å²) < 4.78 is 5.82. The Bertz CT molecular complexity index is 523. The number of benzene rings is 1. The first-order valence-electron chi connectivity index (χ1n) is 7.89. The Kier molecular flexibility index (Phi) is 5.45. The molecule has 1 aromatic carbocycles. The maximum atomic E-state index is 8.99. The Morgan fingerprint density at radius 1 is 1.10 bits per heavy atom. The van der Waals surface area contributed by atoms with E-state index in [-0.39, 0.29) is 10.8 Å². The number of nitrogens with zero attached hydrogens (tertiary/aromatic N) is 1. The highest BCUT2D eigenvalue weighted by atomic mass is 16.5. The van der Waals surface area contributed by atoms with Crippen molar-refractivity contribution in [2.75, 3.05) is 0 Å². The number of nitriles is 1. The van der Waals surface area contributed by atoms with Gasteiger partial charge in [-0.15, -0.1) is 0 Å². The number of hydrogen-bond donors (Lipinski definition) is 0. The van der Waals surface area contributed by atoms with Crippen molar-refractivity contribution in [1.29, 1.82) is 5.26 Å². The first-order chi connectivity index (χ1) is 9.67. The van der Waals surface area contributed by atoms with Crippen molar-refractivity contribution < 1.29 is 4.74 Å². The Balaban J connectivity index is 3.37. The van der Waals surface area contributed by atoms with Crippen molar-refractivity contribution in [1.82, 2.24) is 0 Å². The summed E-state index contributed by atoms with van der Waals surface area (Å²) in [5, 5.41) is 8.99. The highest BCUT2D eigenvalue weighted by molar-refractivity contribution is 5.44. The molecule has 0 bridgehead atoms. The molecule has 0 radical (unpaired) electrons. The number of hydrogen-bond acceptors (Lipinski definition) is 2. The van der Waals surface area contributed by atoms with E-state index in [4.69, 9.17) is 10.00 Å². The normalized spacial score (nSPS) is 13.6. The Hall–Kier alpha value is -1.49. The Labute approximate surface area is 130 Å². The third-order valence-electron chi connectivity index (χ3n) is 4.74. The molecular weight excluding hydrogens is 258 g/mol. The Morgan fingerprint density at radius 2 is 1.67 bits per heavy atom. The van der Waals surface area contributed by atoms with Gasteiger partial charge >= 0.3 is 0 Å². The molecule has 2 heteroatoms. The lowest BCUT2D eigenvalue weighted by Crippen LogP contribution is -2.22. The molecule has 1 atom stereocenters. The predicted octanol–water partition coefficient (Wildman–Crippen LogP) is 5.35. The van der Waals surface area contributed by atoms with Gasteiger partial charge in [-0.2, -0.15) is 5.26 Å². The van der Waals surface area contributed by atoms with Crippen LogP contribution in [-0.2, 0) is 10.8 Å². The molecule has 0 aliphatic rings. The molecule has 0 aliphatic heterocycles. The van der Waals surface area contributed by atoms with Crippen LogP contribution in [0.4, 0.5) is 0 Å². The third-order valence-corrected chi connectivity index (χ3v) is 4.74. The fourth-order valence-electron chi connectivity index (χ4n) is 2.19. The first-order valence-corrected chi connectivity index (χ1v) is 7.89. The highest BCUT2D eigenvalue weighted by Gasteiger charge is 2.27. The number of rotatable bonds is 6. The summed E-state index contributed by atoms with van der Waals surface area (Å²) in [7, 11) is 0. The standard InChI is InChI=1S/C19H29NO/c1-8-18(4,5)15-10-11-17(21-14(3)13-20)16(12-15)19(6,7)9-2/h10-12,14H,8-9H2,1-7H3. The van der Waals surface area contributed by atoms with E-state index < -0.39 is 6.10 Å². The van der Waals surface area contributed by atoms with E-state index >= 15 is 0 Å². The highest BCUT2D eigenvalue weighted by Crippen LogP contribution is 2.38. The van der Waals surface area contributed by atoms with Gasteiger partial charge in [0.15, 0.2) is 6.10 Å². The second kappa shape index (κ2) is 6.52. The molecule has 0 N–H and O–H groups in total. The van der Waals surface area contributed by atoms with Crippen LogP contribution in [0.2, 0.25) is 0 Å². The summed E-state index contributed by atoms with van der Waals surface area (Å²) in [5.41, 5.74) is 2.71. The molecule has 0 aromatic heterocycles. The zero-order valence-corrected chi connectivity index (χ0v) is 14.6. The van der Waals surface area contributed by atoms with Gasteiger partial charge in [0, 0.05) is 5.56 Å². The van der Waals surface area contributed by atoms with Gasteiger partial charge in [0.1, 0.15) is 11.8 Å². The van der Waals surface area contributed by atoms with E-state index in [1.165, 1.54) is 11.1 Å². The molecule has 0 heterocycles. The summed E-state index contributed by atoms with van der Waals surface area (Å²) in [6.07, 6.45) is 1.69. The molecule has 1 rings (SSSR count). The van der Waals surface area contributed by atoms with Crippen LogP contribution in [0, 0.1) is 11.3 Å². The lowest BCUT2D eigenvalue weighted by Gasteiger charge is -2.30. The van der Waals surface area contributed by atoms with Crippen LogP contribution in [-0.4, -0.2) is 6.10 Å². The minimum absolute atomic E-state index is 0.0321. The topological polar surface area (TPSA) is 33.0 Å². The number of ether oxygens (including phenoxy) is 1. The van der Waals surface area contributed by atoms with Gasteiger partial charge in [-0.05, 0) is 42.2 Å². The smallest absolute Gasteiger partial charge is 0.181 e. The monoisotopic (exact) mass is 287 g/mol. The average molecular weight is 287 g/mol. The van der Waals surface area contributed by atoms with Gasteiger partial charge in [-0.25, -0.2) is 0 Å². The molecule has 0 saturated carbocycles. The van der Waals surface area contributed by atoms with Gasteiger partial charge < -0.3 is 4.74 Å². The molecule has 0 aliphatic carbocycles. The van der Waals surface area contributed by atoms with Crippen molar-refractivity contribution in [2.24, 2.45) is 0 Å². The second-order valence-electron chi connectivity index (χ2n) is 7.07. The van der Waals surface area contributed by atoms with Gasteiger partial charge in [-0.1, -0.05) is 53.7 Å². The molecular formula is C19H29NO. The van der Waals surface area contributed by atoms with Crippen LogP contribution in [0.3, 0.4) is 0 Å². The van der Waals surface area contributed by atoms with Crippen LogP contribution in [0.25, 0.3) is 0 Å². The van der Waals surface area contributed by atoms with E-state index in [0.29, 0.717) is 0 Å². The van der Waals surface area contributed by atoms with E-state index in [0.717, 1.165) is 18.6 Å². The van der Waals surface area contributed by atoms with E-state index in [2.05, 4.69) is 59.7 Å². The lowest BCUT2D eigenvalue weighted by atomic mass is 9.76. The van der Waals surface area contributed by atoms with Crippen LogP contribution in [0.1, 0.15) is 72.4 Å². The van der Waals surface area contributed by atoms with Crippen molar-refractivity contribution in [3.8, 4) is 11.8 Å². The van der Waals surface area contributed by atoms with E-state index in [1.54, 1.807) is 6.92 Å². The van der Waals surface area contributed by atoms with Crippen molar-refractivity contribution in [3.05, 3.63) is 29.3 Å². The summed E-state index contributed by atoms with van der Waals surface area (Å²) in [5.74, 6) is 0.839. The van der Waals surface area contributed by atoms with E-state index in [9.17, 15) is 0 Å². The third kappa shape index (κ3) is 4.00. The SMILES string of the molecule is CCC(C)(C)c1ccc(OC(C)C#N)c(C(C)(C)CC)c1. The predicted molar refractivity (Wildman–Crippen MR) is 88.8 cm³/mol. The maximum Gasteiger partial charge on any atom is 0.181 e. The Morgan fingerprint density at radius 3 is 2.14 bits per heavy atom. The minimum Gasteiger partial charge on any atom is -0.476 e. The summed E-state index contributed by atoms with van der Waals surface area (Å²) in [6, 6.07) is 8.59. The quantitative estimate of drug-likeness (QED) is 0.706. The van der Waals surface area contributed by atoms with Crippen molar-refractivity contribution >= 4 is 0 Å². The van der Waals surface area contributed by atoms with Crippen LogP contribution < -0.4 is 4.74 Å². The summed E-state index contributed by atoms with van der Waals surface area (Å²) in [4.78, 5) is 0. The zero-order valence-electron chi connectivity index (χ0n) is 14.6. The molecule has 116 valence electrons. The van der Waals surface area contributed by atoms with E-state index in [1.807, 2.05) is 6.07 Å². The molecule has 0 saturated heterocycles. The first kappa shape index (κ1) is 17.6. The molecule has 1 aromatic rings. The fourth-order valence-corrected chi connectivity index (χ4v) is 2.19. The fraction of sp³-hybridized carbons (Fsp3) is 0.632. The van der Waals surface area contributed by atoms with Gasteiger partial charge in [0.2, 0.25) is 0 Å². The molecule has 2 nitrogen and oxygen atoms in total. The van der Waals surface area contributed by atoms with Crippen LogP contribution >= 0.6 is 0 Å². The summed E-state index contributed by atoms with van der Waals surface area (Å²) >= 11 is 0. The molecule has 0 fully saturated rings. The summed E-state index contributed by atoms with van der Waals surface area (Å²) in [6.45, 7) is 15.2. The molecule has 1 unspecified atom stereocenters. The minimum atomic E-state index is -0.429. The maximum absolute atomic E-state index is 8.99. The van der Waals surface area contributed by atoms with Crippen molar-refractivity contribution in [3.63, 3.8) is 0 Å². The van der Waals surface area contributed by atoms with Gasteiger partial charge in [0.05, 0.1) is 0 Å². The van der Waals surface area contributed by atoms with Crippen LogP contribution in [0.15, 0.2) is 18.2 Å².